The van der Waals surface area contributed by atoms with Crippen molar-refractivity contribution in [3.63, 3.8) is 0 Å². The Hall–Kier alpha value is -1.40. The lowest BCUT2D eigenvalue weighted by Gasteiger charge is -2.21. The van der Waals surface area contributed by atoms with Crippen LogP contribution in [-0.2, 0) is 16.1 Å². The first-order chi connectivity index (χ1) is 9.52. The zero-order chi connectivity index (χ0) is 14.7. The summed E-state index contributed by atoms with van der Waals surface area (Å²) in [5.74, 6) is -1.16. The number of carbonyl (C=O) groups is 2. The van der Waals surface area contributed by atoms with Crippen molar-refractivity contribution in [2.24, 2.45) is 0 Å². The Balaban J connectivity index is 2.14. The number of methoxy groups -OCH3 is 1. The molecule has 0 amide bonds. The monoisotopic (exact) mass is 341 g/mol. The molecule has 0 aliphatic carbocycles. The molecule has 5 nitrogen and oxygen atoms in total. The maximum absolute atomic E-state index is 11.4. The third-order valence-corrected chi connectivity index (χ3v) is 4.23. The summed E-state index contributed by atoms with van der Waals surface area (Å²) < 4.78 is 5.45. The van der Waals surface area contributed by atoms with E-state index in [9.17, 15) is 9.59 Å². The zero-order valence-corrected chi connectivity index (χ0v) is 12.7. The summed E-state index contributed by atoms with van der Waals surface area (Å²) in [5.41, 5.74) is 1.44. The minimum Gasteiger partial charge on any atom is -0.480 e. The molecule has 6 heteroatoms. The van der Waals surface area contributed by atoms with Crippen LogP contribution in [0, 0.1) is 0 Å². The molecular weight excluding hydrogens is 326 g/mol. The number of halogens is 1. The summed E-state index contributed by atoms with van der Waals surface area (Å²) in [4.78, 5) is 24.5. The molecule has 0 spiro atoms. The van der Waals surface area contributed by atoms with Gasteiger partial charge < -0.3 is 9.84 Å². The fourth-order valence-electron chi connectivity index (χ4n) is 2.43. The average Bonchev–Trinajstić information content (AvgIpc) is 2.88. The SMILES string of the molecule is COC(=O)c1ccc(CN2CCCC2C(=O)O)c(Br)c1. The minimum absolute atomic E-state index is 0.387. The molecule has 1 N–H and O–H groups in total. The van der Waals surface area contributed by atoms with Crippen molar-refractivity contribution in [2.75, 3.05) is 13.7 Å². The Morgan fingerprint density at radius 3 is 2.85 bits per heavy atom. The molecule has 1 fully saturated rings. The second-order valence-electron chi connectivity index (χ2n) is 4.76. The van der Waals surface area contributed by atoms with Crippen LogP contribution in [0.1, 0.15) is 28.8 Å². The van der Waals surface area contributed by atoms with Gasteiger partial charge in [0.25, 0.3) is 0 Å². The van der Waals surface area contributed by atoms with E-state index in [-0.39, 0.29) is 5.97 Å². The first kappa shape index (κ1) is 15.0. The van der Waals surface area contributed by atoms with Crippen LogP contribution in [0.3, 0.4) is 0 Å². The van der Waals surface area contributed by atoms with Gasteiger partial charge in [0.15, 0.2) is 0 Å². The molecule has 1 aromatic rings. The highest BCUT2D eigenvalue weighted by Crippen LogP contribution is 2.25. The first-order valence-corrected chi connectivity index (χ1v) is 7.16. The van der Waals surface area contributed by atoms with Gasteiger partial charge in [0.2, 0.25) is 0 Å². The van der Waals surface area contributed by atoms with Crippen LogP contribution >= 0.6 is 15.9 Å². The highest BCUT2D eigenvalue weighted by atomic mass is 79.9. The maximum atomic E-state index is 11.4. The van der Waals surface area contributed by atoms with Gasteiger partial charge in [-0.05, 0) is 37.1 Å². The van der Waals surface area contributed by atoms with Crippen molar-refractivity contribution >= 4 is 27.9 Å². The quantitative estimate of drug-likeness (QED) is 0.851. The van der Waals surface area contributed by atoms with Gasteiger partial charge in [0, 0.05) is 11.0 Å². The fraction of sp³-hybridized carbons (Fsp3) is 0.429. The molecule has 20 heavy (non-hydrogen) atoms. The Kier molecular flexibility index (Phi) is 4.77. The van der Waals surface area contributed by atoms with E-state index in [0.29, 0.717) is 18.5 Å². The van der Waals surface area contributed by atoms with Crippen LogP contribution in [0.5, 0.6) is 0 Å². The van der Waals surface area contributed by atoms with E-state index in [2.05, 4.69) is 20.7 Å². The van der Waals surface area contributed by atoms with E-state index < -0.39 is 12.0 Å². The molecule has 1 saturated heterocycles. The van der Waals surface area contributed by atoms with Gasteiger partial charge in [-0.15, -0.1) is 0 Å². The highest BCUT2D eigenvalue weighted by Gasteiger charge is 2.30. The molecular formula is C14H16BrNO4. The predicted molar refractivity (Wildman–Crippen MR) is 76.5 cm³/mol. The van der Waals surface area contributed by atoms with Crippen LogP contribution in [-0.4, -0.2) is 41.6 Å². The molecule has 0 aromatic heterocycles. The number of hydrogen-bond donors (Lipinski definition) is 1. The van der Waals surface area contributed by atoms with Crippen LogP contribution < -0.4 is 0 Å². The Bertz CT molecular complexity index is 532. The summed E-state index contributed by atoms with van der Waals surface area (Å²) in [5, 5.41) is 9.17. The number of hydrogen-bond acceptors (Lipinski definition) is 4. The van der Waals surface area contributed by atoms with Crippen LogP contribution in [0.25, 0.3) is 0 Å². The number of carboxylic acid groups (broad SMARTS) is 1. The van der Waals surface area contributed by atoms with E-state index in [1.807, 2.05) is 11.0 Å². The van der Waals surface area contributed by atoms with Gasteiger partial charge >= 0.3 is 11.9 Å². The Labute approximate surface area is 125 Å². The average molecular weight is 342 g/mol. The van der Waals surface area contributed by atoms with Crippen molar-refractivity contribution < 1.29 is 19.4 Å². The number of likely N-dealkylation sites (tertiary alicyclic amines) is 1. The highest BCUT2D eigenvalue weighted by molar-refractivity contribution is 9.10. The molecule has 1 atom stereocenters. The molecule has 0 radical (unpaired) electrons. The smallest absolute Gasteiger partial charge is 0.337 e. The molecule has 108 valence electrons. The van der Waals surface area contributed by atoms with E-state index in [1.165, 1.54) is 7.11 Å². The third-order valence-electron chi connectivity index (χ3n) is 3.50. The fourth-order valence-corrected chi connectivity index (χ4v) is 2.94. The molecule has 1 heterocycles. The number of carboxylic acids is 1. The van der Waals surface area contributed by atoms with Gasteiger partial charge in [-0.3, -0.25) is 9.69 Å². The minimum atomic E-state index is -0.773. The van der Waals surface area contributed by atoms with Crippen molar-refractivity contribution in [1.82, 2.24) is 4.90 Å². The van der Waals surface area contributed by atoms with E-state index in [0.717, 1.165) is 23.0 Å². The number of benzene rings is 1. The topological polar surface area (TPSA) is 66.8 Å². The van der Waals surface area contributed by atoms with E-state index >= 15 is 0 Å². The molecule has 0 bridgehead atoms. The predicted octanol–water partition coefficient (Wildman–Crippen LogP) is 2.28. The van der Waals surface area contributed by atoms with Crippen LogP contribution in [0.2, 0.25) is 0 Å². The van der Waals surface area contributed by atoms with Gasteiger partial charge in [0.1, 0.15) is 6.04 Å². The Morgan fingerprint density at radius 1 is 1.50 bits per heavy atom. The summed E-state index contributed by atoms with van der Waals surface area (Å²) in [6.07, 6.45) is 1.59. The zero-order valence-electron chi connectivity index (χ0n) is 11.1. The number of ether oxygens (including phenoxy) is 1. The van der Waals surface area contributed by atoms with Crippen molar-refractivity contribution in [2.45, 2.75) is 25.4 Å². The lowest BCUT2D eigenvalue weighted by molar-refractivity contribution is -0.142. The normalized spacial score (nSPS) is 19.0. The molecule has 1 aromatic carbocycles. The van der Waals surface area contributed by atoms with Gasteiger partial charge in [-0.1, -0.05) is 22.0 Å². The standard InChI is InChI=1S/C14H16BrNO4/c1-20-14(19)9-4-5-10(11(15)7-9)8-16-6-2-3-12(16)13(17)18/h4-5,7,12H,2-3,6,8H2,1H3,(H,17,18). The number of carbonyl (C=O) groups excluding carboxylic acids is 1. The van der Waals surface area contributed by atoms with Crippen LogP contribution in [0.15, 0.2) is 22.7 Å². The molecule has 1 unspecified atom stereocenters. The largest absolute Gasteiger partial charge is 0.480 e. The van der Waals surface area contributed by atoms with Gasteiger partial charge in [-0.2, -0.15) is 0 Å². The molecule has 0 saturated carbocycles. The van der Waals surface area contributed by atoms with Crippen LogP contribution in [0.4, 0.5) is 0 Å². The third kappa shape index (κ3) is 3.19. The molecule has 1 aliphatic heterocycles. The maximum Gasteiger partial charge on any atom is 0.337 e. The summed E-state index contributed by atoms with van der Waals surface area (Å²) in [6.45, 7) is 1.33. The van der Waals surface area contributed by atoms with Gasteiger partial charge in [0.05, 0.1) is 12.7 Å². The summed E-state index contributed by atoms with van der Waals surface area (Å²) in [6, 6.07) is 4.81. The second-order valence-corrected chi connectivity index (χ2v) is 5.62. The van der Waals surface area contributed by atoms with Gasteiger partial charge in [-0.25, -0.2) is 4.79 Å². The number of nitrogens with zero attached hydrogens (tertiary/aromatic N) is 1. The number of aliphatic carboxylic acids is 1. The first-order valence-electron chi connectivity index (χ1n) is 6.36. The Morgan fingerprint density at radius 2 is 2.25 bits per heavy atom. The lowest BCUT2D eigenvalue weighted by atomic mass is 10.1. The van der Waals surface area contributed by atoms with E-state index in [1.54, 1.807) is 12.1 Å². The molecule has 2 rings (SSSR count). The summed E-state index contributed by atoms with van der Waals surface area (Å²) in [7, 11) is 1.34. The van der Waals surface area contributed by atoms with Crippen molar-refractivity contribution in [3.8, 4) is 0 Å². The van der Waals surface area contributed by atoms with Crippen molar-refractivity contribution in [1.29, 1.82) is 0 Å². The van der Waals surface area contributed by atoms with E-state index in [4.69, 9.17) is 5.11 Å². The molecule has 1 aliphatic rings. The van der Waals surface area contributed by atoms with Crippen molar-refractivity contribution in [3.05, 3.63) is 33.8 Å². The number of rotatable bonds is 4. The lowest BCUT2D eigenvalue weighted by Crippen LogP contribution is -2.35. The number of esters is 1. The second kappa shape index (κ2) is 6.37. The summed E-state index contributed by atoms with van der Waals surface area (Å²) >= 11 is 3.43.